The van der Waals surface area contributed by atoms with Crippen LogP contribution < -0.4 is 10.1 Å². The standard InChI is InChI=1S/C17H22F2N2O3/c18-17(19)24-13-5-3-4-12(10-13)15-11-21(8-9-23-15)14-6-1-2-7-20-16(14)22/h3-5,10,14-15,17H,1-2,6-9,11H2,(H,20,22)/t14-,15+/m1/s1. The number of rotatable bonds is 4. The van der Waals surface area contributed by atoms with Crippen LogP contribution in [-0.4, -0.2) is 49.7 Å². The van der Waals surface area contributed by atoms with Crippen LogP contribution in [0, 0.1) is 0 Å². The Labute approximate surface area is 139 Å². The zero-order valence-corrected chi connectivity index (χ0v) is 13.4. The van der Waals surface area contributed by atoms with Crippen molar-refractivity contribution in [2.75, 3.05) is 26.2 Å². The van der Waals surface area contributed by atoms with Gasteiger partial charge in [0.05, 0.1) is 18.8 Å². The van der Waals surface area contributed by atoms with E-state index in [1.807, 2.05) is 6.07 Å². The van der Waals surface area contributed by atoms with Crippen molar-refractivity contribution >= 4 is 5.91 Å². The summed E-state index contributed by atoms with van der Waals surface area (Å²) in [5.74, 6) is 0.193. The Hall–Kier alpha value is -1.73. The third-order valence-electron chi connectivity index (χ3n) is 4.50. The van der Waals surface area contributed by atoms with E-state index in [0.717, 1.165) is 31.4 Å². The number of carbonyl (C=O) groups excluding carboxylic acids is 1. The molecule has 0 saturated carbocycles. The molecule has 2 heterocycles. The normalized spacial score (nSPS) is 26.0. The fourth-order valence-corrected chi connectivity index (χ4v) is 3.32. The highest BCUT2D eigenvalue weighted by Crippen LogP contribution is 2.28. The molecule has 1 aromatic carbocycles. The van der Waals surface area contributed by atoms with Gasteiger partial charge in [0.25, 0.3) is 0 Å². The van der Waals surface area contributed by atoms with Crippen molar-refractivity contribution in [1.82, 2.24) is 10.2 Å². The lowest BCUT2D eigenvalue weighted by Crippen LogP contribution is -2.51. The zero-order valence-electron chi connectivity index (χ0n) is 13.4. The van der Waals surface area contributed by atoms with Crippen molar-refractivity contribution in [3.05, 3.63) is 29.8 Å². The number of hydrogen-bond donors (Lipinski definition) is 1. The van der Waals surface area contributed by atoms with Crippen LogP contribution in [0.3, 0.4) is 0 Å². The van der Waals surface area contributed by atoms with E-state index in [0.29, 0.717) is 19.7 Å². The first-order chi connectivity index (χ1) is 11.6. The lowest BCUT2D eigenvalue weighted by atomic mass is 10.0. The number of nitrogens with one attached hydrogen (secondary N) is 1. The number of morpholine rings is 1. The molecular formula is C17H22F2N2O3. The van der Waals surface area contributed by atoms with Crippen molar-refractivity contribution in [2.24, 2.45) is 0 Å². The second-order valence-electron chi connectivity index (χ2n) is 6.11. The summed E-state index contributed by atoms with van der Waals surface area (Å²) in [5.41, 5.74) is 0.784. The molecule has 1 N–H and O–H groups in total. The summed E-state index contributed by atoms with van der Waals surface area (Å²) < 4.78 is 35.0. The van der Waals surface area contributed by atoms with E-state index >= 15 is 0 Å². The number of carbonyl (C=O) groups is 1. The molecule has 0 unspecified atom stereocenters. The summed E-state index contributed by atoms with van der Waals surface area (Å²) in [6.07, 6.45) is 2.61. The van der Waals surface area contributed by atoms with Gasteiger partial charge in [0.15, 0.2) is 0 Å². The summed E-state index contributed by atoms with van der Waals surface area (Å²) in [6.45, 7) is -0.346. The Morgan fingerprint density at radius 3 is 3.04 bits per heavy atom. The first kappa shape index (κ1) is 17.1. The number of amides is 1. The molecule has 0 spiro atoms. The average Bonchev–Trinajstić information content (AvgIpc) is 2.79. The van der Waals surface area contributed by atoms with Crippen LogP contribution in [0.4, 0.5) is 8.78 Å². The van der Waals surface area contributed by atoms with Crippen LogP contribution in [0.25, 0.3) is 0 Å². The largest absolute Gasteiger partial charge is 0.435 e. The summed E-state index contributed by atoms with van der Waals surface area (Å²) >= 11 is 0. The summed E-state index contributed by atoms with van der Waals surface area (Å²) in [5, 5.41) is 2.95. The number of halogens is 2. The summed E-state index contributed by atoms with van der Waals surface area (Å²) in [4.78, 5) is 14.4. The van der Waals surface area contributed by atoms with Crippen molar-refractivity contribution in [1.29, 1.82) is 0 Å². The van der Waals surface area contributed by atoms with Crippen LogP contribution in [0.5, 0.6) is 5.75 Å². The van der Waals surface area contributed by atoms with E-state index in [1.54, 1.807) is 12.1 Å². The number of benzene rings is 1. The van der Waals surface area contributed by atoms with E-state index in [1.165, 1.54) is 6.07 Å². The topological polar surface area (TPSA) is 50.8 Å². The van der Waals surface area contributed by atoms with Crippen LogP contribution in [0.15, 0.2) is 24.3 Å². The summed E-state index contributed by atoms with van der Waals surface area (Å²) in [6, 6.07) is 6.44. The molecule has 2 saturated heterocycles. The molecule has 7 heteroatoms. The van der Waals surface area contributed by atoms with Crippen molar-refractivity contribution < 1.29 is 23.0 Å². The molecule has 0 aliphatic carbocycles. The molecule has 132 valence electrons. The van der Waals surface area contributed by atoms with E-state index in [9.17, 15) is 13.6 Å². The van der Waals surface area contributed by atoms with Gasteiger partial charge in [-0.15, -0.1) is 0 Å². The third-order valence-corrected chi connectivity index (χ3v) is 4.50. The molecule has 0 bridgehead atoms. The first-order valence-electron chi connectivity index (χ1n) is 8.31. The second kappa shape index (κ2) is 7.90. The molecule has 1 aromatic rings. The maximum Gasteiger partial charge on any atom is 0.387 e. The van der Waals surface area contributed by atoms with Gasteiger partial charge in [-0.05, 0) is 37.0 Å². The van der Waals surface area contributed by atoms with Gasteiger partial charge in [0, 0.05) is 19.6 Å². The molecule has 24 heavy (non-hydrogen) atoms. The molecule has 2 atom stereocenters. The van der Waals surface area contributed by atoms with E-state index in [4.69, 9.17) is 4.74 Å². The van der Waals surface area contributed by atoms with E-state index in [-0.39, 0.29) is 23.8 Å². The Balaban J connectivity index is 1.70. The molecular weight excluding hydrogens is 318 g/mol. The molecule has 3 rings (SSSR count). The predicted molar refractivity (Wildman–Crippen MR) is 84.0 cm³/mol. The van der Waals surface area contributed by atoms with Gasteiger partial charge in [-0.2, -0.15) is 8.78 Å². The number of hydrogen-bond acceptors (Lipinski definition) is 4. The van der Waals surface area contributed by atoms with Gasteiger partial charge in [0.1, 0.15) is 5.75 Å². The predicted octanol–water partition coefficient (Wildman–Crippen LogP) is 2.33. The summed E-state index contributed by atoms with van der Waals surface area (Å²) in [7, 11) is 0. The SMILES string of the molecule is O=C1NCCCC[C@H]1N1CCO[C@H](c2cccc(OC(F)F)c2)C1. The van der Waals surface area contributed by atoms with Crippen molar-refractivity contribution in [3.63, 3.8) is 0 Å². The Kier molecular flexibility index (Phi) is 5.63. The fraction of sp³-hybridized carbons (Fsp3) is 0.588. The quantitative estimate of drug-likeness (QED) is 0.914. The fourth-order valence-electron chi connectivity index (χ4n) is 3.32. The third kappa shape index (κ3) is 4.21. The minimum atomic E-state index is -2.85. The maximum atomic E-state index is 12.4. The molecule has 0 aromatic heterocycles. The van der Waals surface area contributed by atoms with Crippen LogP contribution in [-0.2, 0) is 9.53 Å². The Morgan fingerprint density at radius 2 is 2.21 bits per heavy atom. The lowest BCUT2D eigenvalue weighted by molar-refractivity contribution is -0.129. The monoisotopic (exact) mass is 340 g/mol. The molecule has 2 fully saturated rings. The van der Waals surface area contributed by atoms with Gasteiger partial charge in [0.2, 0.25) is 5.91 Å². The number of ether oxygens (including phenoxy) is 2. The zero-order chi connectivity index (χ0) is 16.9. The highest BCUT2D eigenvalue weighted by atomic mass is 19.3. The van der Waals surface area contributed by atoms with Crippen LogP contribution in [0.2, 0.25) is 0 Å². The molecule has 5 nitrogen and oxygen atoms in total. The van der Waals surface area contributed by atoms with Crippen LogP contribution >= 0.6 is 0 Å². The van der Waals surface area contributed by atoms with Crippen molar-refractivity contribution in [2.45, 2.75) is 38.0 Å². The van der Waals surface area contributed by atoms with Gasteiger partial charge in [-0.25, -0.2) is 0 Å². The van der Waals surface area contributed by atoms with Gasteiger partial charge in [-0.1, -0.05) is 12.1 Å². The number of alkyl halides is 2. The van der Waals surface area contributed by atoms with Gasteiger partial charge >= 0.3 is 6.61 Å². The van der Waals surface area contributed by atoms with Gasteiger partial charge in [-0.3, -0.25) is 9.69 Å². The highest BCUT2D eigenvalue weighted by molar-refractivity contribution is 5.81. The maximum absolute atomic E-state index is 12.4. The van der Waals surface area contributed by atoms with E-state index < -0.39 is 6.61 Å². The van der Waals surface area contributed by atoms with E-state index in [2.05, 4.69) is 15.0 Å². The Morgan fingerprint density at radius 1 is 1.33 bits per heavy atom. The molecule has 2 aliphatic heterocycles. The van der Waals surface area contributed by atoms with Gasteiger partial charge < -0.3 is 14.8 Å². The second-order valence-corrected chi connectivity index (χ2v) is 6.11. The lowest BCUT2D eigenvalue weighted by Gasteiger charge is -2.37. The molecule has 0 radical (unpaired) electrons. The van der Waals surface area contributed by atoms with Crippen LogP contribution in [0.1, 0.15) is 30.9 Å². The number of nitrogens with zero attached hydrogens (tertiary/aromatic N) is 1. The molecule has 2 aliphatic rings. The minimum absolute atomic E-state index is 0.0722. The minimum Gasteiger partial charge on any atom is -0.435 e. The van der Waals surface area contributed by atoms with Crippen molar-refractivity contribution in [3.8, 4) is 5.75 Å². The first-order valence-corrected chi connectivity index (χ1v) is 8.31. The molecule has 1 amide bonds. The smallest absolute Gasteiger partial charge is 0.387 e. The Bertz CT molecular complexity index is 571. The highest BCUT2D eigenvalue weighted by Gasteiger charge is 2.32. The average molecular weight is 340 g/mol.